The van der Waals surface area contributed by atoms with Crippen molar-refractivity contribution in [2.45, 2.75) is 78.4 Å². The Morgan fingerprint density at radius 2 is 1.92 bits per heavy atom. The molecule has 0 saturated heterocycles. The lowest BCUT2D eigenvalue weighted by Crippen LogP contribution is -2.29. The highest BCUT2D eigenvalue weighted by molar-refractivity contribution is 7.18. The lowest BCUT2D eigenvalue weighted by molar-refractivity contribution is -0.156. The lowest BCUT2D eigenvalue weighted by atomic mass is 9.84. The lowest BCUT2D eigenvalue weighted by Gasteiger charge is -2.30. The molecule has 1 saturated carbocycles. The van der Waals surface area contributed by atoms with Gasteiger partial charge in [0, 0.05) is 17.3 Å². The van der Waals surface area contributed by atoms with Gasteiger partial charge >= 0.3 is 5.97 Å². The highest BCUT2D eigenvalue weighted by Gasteiger charge is 2.26. The molecule has 1 N–H and O–H groups in total. The molecule has 2 heterocycles. The number of anilines is 1. The minimum Gasteiger partial charge on any atom is -0.460 e. The Morgan fingerprint density at radius 3 is 2.58 bits per heavy atom. The van der Waals surface area contributed by atoms with E-state index in [1.54, 1.807) is 17.7 Å². The molecule has 0 radical (unpaired) electrons. The molecule has 3 rings (SSSR count). The Hall–Kier alpha value is -1.69. The SMILES string of the molecule is Cc1sc2ncnc(NC3CCC(CC(=O)OC(C)(C)C)CC3)c2c1C. The van der Waals surface area contributed by atoms with Crippen LogP contribution in [0.15, 0.2) is 6.33 Å². The summed E-state index contributed by atoms with van der Waals surface area (Å²) in [5, 5.41) is 4.79. The van der Waals surface area contributed by atoms with Crippen LogP contribution in [-0.2, 0) is 9.53 Å². The fraction of sp³-hybridized carbons (Fsp3) is 0.650. The van der Waals surface area contributed by atoms with Crippen LogP contribution in [0.1, 0.15) is 63.3 Å². The molecule has 0 aliphatic heterocycles. The second-order valence-corrected chi connectivity index (χ2v) is 9.54. The monoisotopic (exact) mass is 375 g/mol. The van der Waals surface area contributed by atoms with Gasteiger partial charge in [-0.05, 0) is 71.8 Å². The summed E-state index contributed by atoms with van der Waals surface area (Å²) in [6, 6.07) is 0.405. The number of ether oxygens (including phenoxy) is 1. The van der Waals surface area contributed by atoms with Crippen LogP contribution in [0.5, 0.6) is 0 Å². The third kappa shape index (κ3) is 4.53. The molecular formula is C20H29N3O2S. The van der Waals surface area contributed by atoms with Gasteiger partial charge in [0.1, 0.15) is 22.6 Å². The molecule has 142 valence electrons. The summed E-state index contributed by atoms with van der Waals surface area (Å²) < 4.78 is 5.46. The van der Waals surface area contributed by atoms with Gasteiger partial charge < -0.3 is 10.1 Å². The molecule has 2 aromatic heterocycles. The first-order chi connectivity index (χ1) is 12.2. The highest BCUT2D eigenvalue weighted by Crippen LogP contribution is 2.35. The molecule has 26 heavy (non-hydrogen) atoms. The maximum absolute atomic E-state index is 12.0. The van der Waals surface area contributed by atoms with Crippen LogP contribution in [0.3, 0.4) is 0 Å². The van der Waals surface area contributed by atoms with Crippen molar-refractivity contribution < 1.29 is 9.53 Å². The fourth-order valence-electron chi connectivity index (χ4n) is 3.61. The molecule has 1 aliphatic rings. The van der Waals surface area contributed by atoms with Crippen molar-refractivity contribution in [2.24, 2.45) is 5.92 Å². The van der Waals surface area contributed by atoms with E-state index in [9.17, 15) is 4.79 Å². The molecule has 0 amide bonds. The van der Waals surface area contributed by atoms with E-state index in [1.807, 2.05) is 20.8 Å². The maximum Gasteiger partial charge on any atom is 0.306 e. The van der Waals surface area contributed by atoms with Crippen molar-refractivity contribution in [3.63, 3.8) is 0 Å². The summed E-state index contributed by atoms with van der Waals surface area (Å²) in [5.41, 5.74) is 0.872. The van der Waals surface area contributed by atoms with Gasteiger partial charge in [-0.25, -0.2) is 9.97 Å². The zero-order chi connectivity index (χ0) is 18.9. The predicted molar refractivity (Wildman–Crippen MR) is 107 cm³/mol. The number of thiophene rings is 1. The van der Waals surface area contributed by atoms with Gasteiger partial charge in [0.05, 0.1) is 5.39 Å². The molecule has 1 aliphatic carbocycles. The zero-order valence-corrected chi connectivity index (χ0v) is 17.2. The summed E-state index contributed by atoms with van der Waals surface area (Å²) in [7, 11) is 0. The Bertz CT molecular complexity index is 786. The minimum absolute atomic E-state index is 0.0733. The number of fused-ring (bicyclic) bond motifs is 1. The van der Waals surface area contributed by atoms with E-state index in [2.05, 4.69) is 29.1 Å². The molecule has 6 heteroatoms. The number of carbonyl (C=O) groups is 1. The van der Waals surface area contributed by atoms with Crippen LogP contribution in [0.2, 0.25) is 0 Å². The number of nitrogens with zero attached hydrogens (tertiary/aromatic N) is 2. The molecule has 0 aromatic carbocycles. The summed E-state index contributed by atoms with van der Waals surface area (Å²) in [6.45, 7) is 10.0. The quantitative estimate of drug-likeness (QED) is 0.761. The third-order valence-corrected chi connectivity index (χ3v) is 6.14. The van der Waals surface area contributed by atoms with Crippen LogP contribution in [-0.4, -0.2) is 27.6 Å². The molecule has 0 unspecified atom stereocenters. The van der Waals surface area contributed by atoms with E-state index in [0.717, 1.165) is 41.7 Å². The van der Waals surface area contributed by atoms with Crippen LogP contribution >= 0.6 is 11.3 Å². The smallest absolute Gasteiger partial charge is 0.306 e. The largest absolute Gasteiger partial charge is 0.460 e. The Labute approximate surface area is 159 Å². The van der Waals surface area contributed by atoms with Crippen LogP contribution in [0, 0.1) is 19.8 Å². The average molecular weight is 376 g/mol. The number of nitrogens with one attached hydrogen (secondary N) is 1. The van der Waals surface area contributed by atoms with E-state index < -0.39 is 5.60 Å². The van der Waals surface area contributed by atoms with Crippen molar-refractivity contribution in [1.29, 1.82) is 0 Å². The number of hydrogen-bond donors (Lipinski definition) is 1. The zero-order valence-electron chi connectivity index (χ0n) is 16.4. The van der Waals surface area contributed by atoms with Crippen molar-refractivity contribution in [2.75, 3.05) is 5.32 Å². The van der Waals surface area contributed by atoms with Gasteiger partial charge in [-0.3, -0.25) is 4.79 Å². The van der Waals surface area contributed by atoms with E-state index in [1.165, 1.54) is 10.4 Å². The number of rotatable bonds is 4. The average Bonchev–Trinajstić information content (AvgIpc) is 2.83. The molecule has 5 nitrogen and oxygen atoms in total. The van der Waals surface area contributed by atoms with E-state index in [0.29, 0.717) is 18.4 Å². The molecule has 1 fully saturated rings. The van der Waals surface area contributed by atoms with Crippen LogP contribution in [0.4, 0.5) is 5.82 Å². The Balaban J connectivity index is 1.57. The second-order valence-electron chi connectivity index (χ2n) is 8.34. The van der Waals surface area contributed by atoms with Crippen LogP contribution < -0.4 is 5.32 Å². The topological polar surface area (TPSA) is 64.1 Å². The summed E-state index contributed by atoms with van der Waals surface area (Å²) in [4.78, 5) is 23.3. The van der Waals surface area contributed by atoms with Crippen molar-refractivity contribution in [3.05, 3.63) is 16.8 Å². The van der Waals surface area contributed by atoms with E-state index in [-0.39, 0.29) is 5.97 Å². The molecular weight excluding hydrogens is 346 g/mol. The van der Waals surface area contributed by atoms with Crippen molar-refractivity contribution in [3.8, 4) is 0 Å². The third-order valence-electron chi connectivity index (χ3n) is 5.03. The van der Waals surface area contributed by atoms with Gasteiger partial charge in [-0.2, -0.15) is 0 Å². The molecule has 0 bridgehead atoms. The first kappa shape index (κ1) is 19.1. The second kappa shape index (κ2) is 7.51. The minimum atomic E-state index is -0.398. The standard InChI is InChI=1S/C20H29N3O2S/c1-12-13(2)26-19-17(12)18(21-11-22-19)23-15-8-6-14(7-9-15)10-16(24)25-20(3,4)5/h11,14-15H,6-10H2,1-5H3,(H,21,22,23). The van der Waals surface area contributed by atoms with Gasteiger partial charge in [0.2, 0.25) is 0 Å². The summed E-state index contributed by atoms with van der Waals surface area (Å²) >= 11 is 1.72. The Kier molecular flexibility index (Phi) is 5.51. The number of carbonyl (C=O) groups excluding carboxylic acids is 1. The van der Waals surface area contributed by atoms with Gasteiger partial charge in [-0.1, -0.05) is 0 Å². The first-order valence-corrected chi connectivity index (χ1v) is 10.2. The molecule has 0 spiro atoms. The summed E-state index contributed by atoms with van der Waals surface area (Å²) in [5.74, 6) is 1.31. The molecule has 2 aromatic rings. The summed E-state index contributed by atoms with van der Waals surface area (Å²) in [6.07, 6.45) is 6.39. The maximum atomic E-state index is 12.0. The number of aryl methyl sites for hydroxylation is 2. The molecule has 0 atom stereocenters. The van der Waals surface area contributed by atoms with Gasteiger partial charge in [-0.15, -0.1) is 11.3 Å². The number of aromatic nitrogens is 2. The predicted octanol–water partition coefficient (Wildman–Crippen LogP) is 5.01. The van der Waals surface area contributed by atoms with Crippen molar-refractivity contribution in [1.82, 2.24) is 9.97 Å². The first-order valence-electron chi connectivity index (χ1n) is 9.42. The van der Waals surface area contributed by atoms with E-state index in [4.69, 9.17) is 4.74 Å². The number of hydrogen-bond acceptors (Lipinski definition) is 6. The fourth-order valence-corrected chi connectivity index (χ4v) is 4.61. The van der Waals surface area contributed by atoms with Gasteiger partial charge in [0.25, 0.3) is 0 Å². The van der Waals surface area contributed by atoms with Crippen LogP contribution in [0.25, 0.3) is 10.2 Å². The van der Waals surface area contributed by atoms with E-state index >= 15 is 0 Å². The highest BCUT2D eigenvalue weighted by atomic mass is 32.1. The normalized spacial score (nSPS) is 21.0. The van der Waals surface area contributed by atoms with Gasteiger partial charge in [0.15, 0.2) is 0 Å². The Morgan fingerprint density at radius 1 is 1.23 bits per heavy atom. The van der Waals surface area contributed by atoms with Crippen molar-refractivity contribution >= 4 is 33.3 Å². The number of esters is 1.